The Bertz CT molecular complexity index is 581. The first-order valence-corrected chi connectivity index (χ1v) is 9.45. The van der Waals surface area contributed by atoms with Crippen molar-refractivity contribution < 1.29 is 9.53 Å². The molecule has 1 atom stereocenters. The molecule has 1 aliphatic rings. The van der Waals surface area contributed by atoms with E-state index in [-0.39, 0.29) is 12.1 Å². The lowest BCUT2D eigenvalue weighted by Gasteiger charge is -2.33. The smallest absolute Gasteiger partial charge is 0.416 e. The van der Waals surface area contributed by atoms with E-state index in [4.69, 9.17) is 4.74 Å². The minimum atomic E-state index is -0.527. The molecule has 0 unspecified atom stereocenters. The largest absolute Gasteiger partial charge is 0.443 e. The quantitative estimate of drug-likeness (QED) is 0.769. The Labute approximate surface area is 152 Å². The van der Waals surface area contributed by atoms with Crippen molar-refractivity contribution in [3.05, 3.63) is 23.9 Å². The highest BCUT2D eigenvalue weighted by Crippen LogP contribution is 2.37. The zero-order valence-corrected chi connectivity index (χ0v) is 16.6. The van der Waals surface area contributed by atoms with E-state index in [1.165, 1.54) is 6.42 Å². The van der Waals surface area contributed by atoms with Crippen LogP contribution in [0.5, 0.6) is 0 Å². The molecule has 5 heteroatoms. The minimum absolute atomic E-state index is 0.0236. The maximum absolute atomic E-state index is 12.8. The number of aromatic nitrogens is 1. The lowest BCUT2D eigenvalue weighted by molar-refractivity contribution is 0.0568. The number of carbonyl (C=O) groups excluding carboxylic acids is 1. The molecule has 140 valence electrons. The van der Waals surface area contributed by atoms with Crippen molar-refractivity contribution >= 4 is 11.9 Å². The number of hydrogen-bond donors (Lipinski definition) is 0. The predicted octanol–water partition coefficient (Wildman–Crippen LogP) is 4.78. The SMILES string of the molecule is CCCN1CCC[C@@H]1c1cccnc1N(C(=O)OC(C)(C)C)C(C)C. The van der Waals surface area contributed by atoms with Gasteiger partial charge in [0.2, 0.25) is 0 Å². The molecule has 1 amide bonds. The van der Waals surface area contributed by atoms with Crippen LogP contribution in [0.2, 0.25) is 0 Å². The molecular formula is C20H33N3O2. The molecule has 0 saturated carbocycles. The van der Waals surface area contributed by atoms with Gasteiger partial charge in [0.25, 0.3) is 0 Å². The third kappa shape index (κ3) is 4.94. The van der Waals surface area contributed by atoms with Crippen LogP contribution in [0.4, 0.5) is 10.6 Å². The van der Waals surface area contributed by atoms with Crippen molar-refractivity contribution in [2.45, 2.75) is 78.5 Å². The normalized spacial score (nSPS) is 18.6. The number of amides is 1. The summed E-state index contributed by atoms with van der Waals surface area (Å²) in [6, 6.07) is 4.38. The monoisotopic (exact) mass is 347 g/mol. The molecule has 0 radical (unpaired) electrons. The van der Waals surface area contributed by atoms with E-state index in [0.717, 1.165) is 37.3 Å². The lowest BCUT2D eigenvalue weighted by Crippen LogP contribution is -2.42. The standard InChI is InChI=1S/C20H33N3O2/c1-7-13-22-14-9-11-17(22)16-10-8-12-21-18(16)23(15(2)3)19(24)25-20(4,5)6/h8,10,12,15,17H,7,9,11,13-14H2,1-6H3/t17-/m1/s1. The highest BCUT2D eigenvalue weighted by molar-refractivity contribution is 5.88. The van der Waals surface area contributed by atoms with Gasteiger partial charge in [0.1, 0.15) is 11.4 Å². The average molecular weight is 348 g/mol. The molecule has 0 spiro atoms. The first kappa shape index (κ1) is 19.7. The Hall–Kier alpha value is -1.62. The Kier molecular flexibility index (Phi) is 6.44. The molecule has 0 aromatic carbocycles. The summed E-state index contributed by atoms with van der Waals surface area (Å²) in [6.45, 7) is 14.1. The number of anilines is 1. The highest BCUT2D eigenvalue weighted by Gasteiger charge is 2.33. The van der Waals surface area contributed by atoms with Crippen molar-refractivity contribution in [1.29, 1.82) is 0 Å². The molecule has 1 fully saturated rings. The molecule has 1 aliphatic heterocycles. The van der Waals surface area contributed by atoms with Crippen LogP contribution < -0.4 is 4.90 Å². The highest BCUT2D eigenvalue weighted by atomic mass is 16.6. The Morgan fingerprint density at radius 2 is 2.16 bits per heavy atom. The van der Waals surface area contributed by atoms with Crippen molar-refractivity contribution in [2.24, 2.45) is 0 Å². The number of ether oxygens (including phenoxy) is 1. The molecule has 1 saturated heterocycles. The summed E-state index contributed by atoms with van der Waals surface area (Å²) in [5, 5.41) is 0. The van der Waals surface area contributed by atoms with Crippen LogP contribution in [0, 0.1) is 0 Å². The van der Waals surface area contributed by atoms with Crippen LogP contribution in [0.3, 0.4) is 0 Å². The molecule has 1 aromatic rings. The van der Waals surface area contributed by atoms with Gasteiger partial charge in [-0.25, -0.2) is 9.78 Å². The summed E-state index contributed by atoms with van der Waals surface area (Å²) in [6.07, 6.45) is 4.86. The van der Waals surface area contributed by atoms with Gasteiger partial charge >= 0.3 is 6.09 Å². The second-order valence-electron chi connectivity index (χ2n) is 8.05. The van der Waals surface area contributed by atoms with Crippen molar-refractivity contribution in [3.63, 3.8) is 0 Å². The number of rotatable bonds is 5. The topological polar surface area (TPSA) is 45.7 Å². The van der Waals surface area contributed by atoms with Gasteiger partial charge in [-0.3, -0.25) is 9.80 Å². The fourth-order valence-corrected chi connectivity index (χ4v) is 3.46. The molecule has 25 heavy (non-hydrogen) atoms. The molecular weight excluding hydrogens is 314 g/mol. The number of nitrogens with zero attached hydrogens (tertiary/aromatic N) is 3. The van der Waals surface area contributed by atoms with Gasteiger partial charge in [-0.2, -0.15) is 0 Å². The third-order valence-electron chi connectivity index (χ3n) is 4.39. The second-order valence-corrected chi connectivity index (χ2v) is 8.05. The van der Waals surface area contributed by atoms with Crippen LogP contribution in [0.1, 0.15) is 72.4 Å². The molecule has 0 N–H and O–H groups in total. The predicted molar refractivity (Wildman–Crippen MR) is 102 cm³/mol. The summed E-state index contributed by atoms with van der Waals surface area (Å²) in [7, 11) is 0. The molecule has 2 rings (SSSR count). The zero-order valence-electron chi connectivity index (χ0n) is 16.6. The molecule has 2 heterocycles. The Morgan fingerprint density at radius 3 is 2.76 bits per heavy atom. The first-order chi connectivity index (χ1) is 11.7. The van der Waals surface area contributed by atoms with Gasteiger partial charge in [-0.05, 0) is 73.0 Å². The van der Waals surface area contributed by atoms with Crippen LogP contribution in [-0.2, 0) is 4.74 Å². The molecule has 5 nitrogen and oxygen atoms in total. The molecule has 0 bridgehead atoms. The molecule has 0 aliphatic carbocycles. The van der Waals surface area contributed by atoms with E-state index in [1.807, 2.05) is 40.7 Å². The number of pyridine rings is 1. The van der Waals surface area contributed by atoms with Crippen molar-refractivity contribution in [2.75, 3.05) is 18.0 Å². The van der Waals surface area contributed by atoms with Gasteiger partial charge in [0, 0.05) is 23.8 Å². The lowest BCUT2D eigenvalue weighted by atomic mass is 10.0. The summed E-state index contributed by atoms with van der Waals surface area (Å²) in [5.41, 5.74) is 0.605. The fraction of sp³-hybridized carbons (Fsp3) is 0.700. The second kappa shape index (κ2) is 8.17. The van der Waals surface area contributed by atoms with E-state index in [1.54, 1.807) is 11.1 Å². The number of likely N-dealkylation sites (tertiary alicyclic amines) is 1. The number of carbonyl (C=O) groups is 1. The summed E-state index contributed by atoms with van der Waals surface area (Å²) < 4.78 is 5.64. The number of hydrogen-bond acceptors (Lipinski definition) is 4. The van der Waals surface area contributed by atoms with Gasteiger partial charge in [-0.1, -0.05) is 13.0 Å². The maximum atomic E-state index is 12.8. The van der Waals surface area contributed by atoms with Crippen LogP contribution in [-0.4, -0.2) is 40.7 Å². The van der Waals surface area contributed by atoms with Gasteiger partial charge in [0.15, 0.2) is 0 Å². The summed E-state index contributed by atoms with van der Waals surface area (Å²) in [4.78, 5) is 21.6. The Balaban J connectivity index is 2.38. The van der Waals surface area contributed by atoms with Gasteiger partial charge in [-0.15, -0.1) is 0 Å². The van der Waals surface area contributed by atoms with Crippen LogP contribution >= 0.6 is 0 Å². The average Bonchev–Trinajstić information content (AvgIpc) is 2.94. The van der Waals surface area contributed by atoms with Crippen LogP contribution in [0.15, 0.2) is 18.3 Å². The van der Waals surface area contributed by atoms with E-state index < -0.39 is 5.60 Å². The summed E-state index contributed by atoms with van der Waals surface area (Å²) >= 11 is 0. The van der Waals surface area contributed by atoms with Gasteiger partial charge < -0.3 is 4.74 Å². The van der Waals surface area contributed by atoms with E-state index in [2.05, 4.69) is 22.9 Å². The third-order valence-corrected chi connectivity index (χ3v) is 4.39. The maximum Gasteiger partial charge on any atom is 0.416 e. The van der Waals surface area contributed by atoms with Crippen molar-refractivity contribution in [1.82, 2.24) is 9.88 Å². The van der Waals surface area contributed by atoms with E-state index in [9.17, 15) is 4.79 Å². The van der Waals surface area contributed by atoms with Gasteiger partial charge in [0.05, 0.1) is 0 Å². The van der Waals surface area contributed by atoms with E-state index >= 15 is 0 Å². The fourth-order valence-electron chi connectivity index (χ4n) is 3.46. The first-order valence-electron chi connectivity index (χ1n) is 9.45. The van der Waals surface area contributed by atoms with Crippen LogP contribution in [0.25, 0.3) is 0 Å². The van der Waals surface area contributed by atoms with E-state index in [0.29, 0.717) is 6.04 Å². The Morgan fingerprint density at radius 1 is 1.44 bits per heavy atom. The van der Waals surface area contributed by atoms with Crippen molar-refractivity contribution in [3.8, 4) is 0 Å². The zero-order chi connectivity index (χ0) is 18.6. The minimum Gasteiger partial charge on any atom is -0.443 e. The summed E-state index contributed by atoms with van der Waals surface area (Å²) in [5.74, 6) is 0.736. The molecule has 1 aromatic heterocycles.